The lowest BCUT2D eigenvalue weighted by Crippen LogP contribution is -2.29. The van der Waals surface area contributed by atoms with E-state index in [0.717, 1.165) is 44.9 Å². The van der Waals surface area contributed by atoms with Crippen LogP contribution in [-0.4, -0.2) is 36.6 Å². The van der Waals surface area contributed by atoms with Crippen molar-refractivity contribution in [1.82, 2.24) is 0 Å². The minimum absolute atomic E-state index is 0.0356. The summed E-state index contributed by atoms with van der Waals surface area (Å²) in [5, 5.41) is 21.4. The predicted octanol–water partition coefficient (Wildman–Crippen LogP) is 8.85. The van der Waals surface area contributed by atoms with Gasteiger partial charge in [0.05, 0.1) is 18.6 Å². The summed E-state index contributed by atoms with van der Waals surface area (Å²) >= 11 is 0. The minimum Gasteiger partial charge on any atom is -0.491 e. The third-order valence-corrected chi connectivity index (χ3v) is 9.59. The first-order chi connectivity index (χ1) is 22.9. The van der Waals surface area contributed by atoms with E-state index in [-0.39, 0.29) is 26.4 Å². The molecule has 4 nitrogen and oxygen atoms in total. The number of hydrogen-bond donors (Lipinski definition) is 2. The van der Waals surface area contributed by atoms with Gasteiger partial charge in [0.15, 0.2) is 0 Å². The van der Waals surface area contributed by atoms with E-state index < -0.39 is 5.41 Å². The van der Waals surface area contributed by atoms with E-state index >= 15 is 0 Å². The normalized spacial score (nSPS) is 13.0. The standard InChI is InChI=1S/C43H40O4/c1-27-21-35(22-28(2)41(27)46-19-17-44)43(36-23-29(3)42(30(4)24-36)47-20-18-45)39-12-8-7-11-37(39)38-16-15-34(26-40(38)43)33-14-13-31-9-5-6-10-32(31)25-33/h5-16,21-26,44-45H,17-20H2,1-4H3. The van der Waals surface area contributed by atoms with Gasteiger partial charge in [-0.3, -0.25) is 0 Å². The molecular weight excluding hydrogens is 580 g/mol. The smallest absolute Gasteiger partial charge is 0.125 e. The molecule has 0 spiro atoms. The zero-order valence-corrected chi connectivity index (χ0v) is 27.4. The minimum atomic E-state index is -0.630. The van der Waals surface area contributed by atoms with Gasteiger partial charge in [0, 0.05) is 0 Å². The van der Waals surface area contributed by atoms with E-state index in [2.05, 4.69) is 137 Å². The van der Waals surface area contributed by atoms with Gasteiger partial charge in [0.1, 0.15) is 24.7 Å². The highest BCUT2D eigenvalue weighted by Gasteiger charge is 2.47. The molecule has 0 heterocycles. The average molecular weight is 621 g/mol. The Morgan fingerprint density at radius 1 is 0.489 bits per heavy atom. The van der Waals surface area contributed by atoms with Crippen molar-refractivity contribution in [3.63, 3.8) is 0 Å². The maximum Gasteiger partial charge on any atom is 0.125 e. The SMILES string of the molecule is Cc1cc(C2(c3cc(C)c(OCCO)c(C)c3)c3ccccc3-c3ccc(-c4ccc5ccccc5c4)cc32)cc(C)c1OCCO. The van der Waals surface area contributed by atoms with Crippen LogP contribution >= 0.6 is 0 Å². The Hall–Kier alpha value is -4.90. The molecule has 0 radical (unpaired) electrons. The number of aliphatic hydroxyl groups excluding tert-OH is 2. The topological polar surface area (TPSA) is 58.9 Å². The van der Waals surface area contributed by atoms with E-state index in [9.17, 15) is 10.2 Å². The monoisotopic (exact) mass is 620 g/mol. The van der Waals surface area contributed by atoms with Gasteiger partial charge in [0.25, 0.3) is 0 Å². The molecule has 236 valence electrons. The van der Waals surface area contributed by atoms with Crippen molar-refractivity contribution in [2.45, 2.75) is 33.1 Å². The Morgan fingerprint density at radius 3 is 1.57 bits per heavy atom. The van der Waals surface area contributed by atoms with Crippen LogP contribution in [0.15, 0.2) is 109 Å². The van der Waals surface area contributed by atoms with Crippen molar-refractivity contribution in [3.05, 3.63) is 154 Å². The van der Waals surface area contributed by atoms with Gasteiger partial charge in [-0.25, -0.2) is 0 Å². The maximum atomic E-state index is 9.50. The summed E-state index contributed by atoms with van der Waals surface area (Å²) in [5.74, 6) is 1.63. The quantitative estimate of drug-likeness (QED) is 0.169. The van der Waals surface area contributed by atoms with Gasteiger partial charge in [-0.05, 0) is 117 Å². The number of benzene rings is 6. The Morgan fingerprint density at radius 2 is 0.979 bits per heavy atom. The molecule has 0 bridgehead atoms. The number of ether oxygens (including phenoxy) is 2. The van der Waals surface area contributed by atoms with Crippen molar-refractivity contribution in [3.8, 4) is 33.8 Å². The first-order valence-corrected chi connectivity index (χ1v) is 16.3. The zero-order chi connectivity index (χ0) is 32.7. The molecule has 0 saturated carbocycles. The fourth-order valence-electron chi connectivity index (χ4n) is 7.70. The Labute approximate surface area is 276 Å². The summed E-state index contributed by atoms with van der Waals surface area (Å²) in [6.07, 6.45) is 0. The van der Waals surface area contributed by atoms with Crippen LogP contribution in [0.5, 0.6) is 11.5 Å². The second kappa shape index (κ2) is 12.4. The van der Waals surface area contributed by atoms with Crippen LogP contribution in [0.25, 0.3) is 33.0 Å². The molecule has 2 N–H and O–H groups in total. The van der Waals surface area contributed by atoms with E-state index in [1.165, 1.54) is 44.2 Å². The number of aryl methyl sites for hydroxylation is 4. The molecule has 0 aromatic heterocycles. The lowest BCUT2D eigenvalue weighted by atomic mass is 9.66. The van der Waals surface area contributed by atoms with E-state index in [4.69, 9.17) is 9.47 Å². The van der Waals surface area contributed by atoms with Crippen molar-refractivity contribution in [1.29, 1.82) is 0 Å². The lowest BCUT2D eigenvalue weighted by Gasteiger charge is -2.36. The van der Waals surface area contributed by atoms with Crippen LogP contribution in [0.4, 0.5) is 0 Å². The van der Waals surface area contributed by atoms with Crippen molar-refractivity contribution >= 4 is 10.8 Å². The molecule has 0 saturated heterocycles. The summed E-state index contributed by atoms with van der Waals surface area (Å²) in [4.78, 5) is 0. The number of fused-ring (bicyclic) bond motifs is 4. The molecule has 7 rings (SSSR count). The second-order valence-corrected chi connectivity index (χ2v) is 12.6. The largest absolute Gasteiger partial charge is 0.491 e. The van der Waals surface area contributed by atoms with Crippen molar-refractivity contribution in [2.24, 2.45) is 0 Å². The predicted molar refractivity (Wildman–Crippen MR) is 191 cm³/mol. The third-order valence-electron chi connectivity index (χ3n) is 9.59. The summed E-state index contributed by atoms with van der Waals surface area (Å²) in [6, 6.07) is 39.9. The first-order valence-electron chi connectivity index (χ1n) is 16.3. The van der Waals surface area contributed by atoms with Crippen LogP contribution in [0.2, 0.25) is 0 Å². The van der Waals surface area contributed by atoms with E-state index in [1.807, 2.05) is 0 Å². The summed E-state index contributed by atoms with van der Waals surface area (Å²) in [7, 11) is 0. The van der Waals surface area contributed by atoms with Crippen molar-refractivity contribution in [2.75, 3.05) is 26.4 Å². The van der Waals surface area contributed by atoms with Crippen LogP contribution in [0.1, 0.15) is 44.5 Å². The molecule has 6 aromatic rings. The Bertz CT molecular complexity index is 2020. The molecule has 0 fully saturated rings. The molecular formula is C43H40O4. The molecule has 47 heavy (non-hydrogen) atoms. The summed E-state index contributed by atoms with van der Waals surface area (Å²) < 4.78 is 12.1. The van der Waals surface area contributed by atoms with Crippen LogP contribution in [0.3, 0.4) is 0 Å². The van der Waals surface area contributed by atoms with Crippen LogP contribution in [-0.2, 0) is 5.41 Å². The number of rotatable bonds is 9. The molecule has 0 atom stereocenters. The first kappa shape index (κ1) is 30.7. The molecule has 1 aliphatic carbocycles. The number of hydrogen-bond acceptors (Lipinski definition) is 4. The number of aliphatic hydroxyl groups is 2. The van der Waals surface area contributed by atoms with Crippen LogP contribution in [0, 0.1) is 27.7 Å². The molecule has 0 amide bonds. The Kier molecular flexibility index (Phi) is 8.09. The molecule has 0 aliphatic heterocycles. The van der Waals surface area contributed by atoms with Crippen molar-refractivity contribution < 1.29 is 19.7 Å². The average Bonchev–Trinajstić information content (AvgIpc) is 3.38. The summed E-state index contributed by atoms with van der Waals surface area (Å²) in [6.45, 7) is 8.79. The Balaban J connectivity index is 1.54. The van der Waals surface area contributed by atoms with E-state index in [0.29, 0.717) is 0 Å². The van der Waals surface area contributed by atoms with Gasteiger partial charge in [-0.1, -0.05) is 97.1 Å². The third kappa shape index (κ3) is 5.09. The fourth-order valence-corrected chi connectivity index (χ4v) is 7.70. The molecule has 4 heteroatoms. The maximum absolute atomic E-state index is 9.50. The highest BCUT2D eigenvalue weighted by molar-refractivity contribution is 5.91. The van der Waals surface area contributed by atoms with Gasteiger partial charge in [-0.2, -0.15) is 0 Å². The second-order valence-electron chi connectivity index (χ2n) is 12.6. The van der Waals surface area contributed by atoms with E-state index in [1.54, 1.807) is 0 Å². The van der Waals surface area contributed by atoms with Gasteiger partial charge >= 0.3 is 0 Å². The molecule has 1 aliphatic rings. The van der Waals surface area contributed by atoms with Gasteiger partial charge in [0.2, 0.25) is 0 Å². The zero-order valence-electron chi connectivity index (χ0n) is 27.4. The highest BCUT2D eigenvalue weighted by Crippen LogP contribution is 2.58. The lowest BCUT2D eigenvalue weighted by molar-refractivity contribution is 0.200. The molecule has 0 unspecified atom stereocenters. The highest BCUT2D eigenvalue weighted by atomic mass is 16.5. The summed E-state index contributed by atoms with van der Waals surface area (Å²) in [5.41, 5.74) is 13.1. The molecule has 6 aromatic carbocycles. The van der Waals surface area contributed by atoms with Crippen LogP contribution < -0.4 is 9.47 Å². The van der Waals surface area contributed by atoms with Gasteiger partial charge in [-0.15, -0.1) is 0 Å². The fraction of sp³-hybridized carbons (Fsp3) is 0.209. The van der Waals surface area contributed by atoms with Gasteiger partial charge < -0.3 is 19.7 Å².